The lowest BCUT2D eigenvalue weighted by Gasteiger charge is -2.21. The van der Waals surface area contributed by atoms with E-state index in [2.05, 4.69) is 48.5 Å². The van der Waals surface area contributed by atoms with Crippen molar-refractivity contribution in [2.24, 2.45) is 17.8 Å². The fourth-order valence-corrected chi connectivity index (χ4v) is 15.9. The predicted molar refractivity (Wildman–Crippen MR) is 460 cm³/mol. The van der Waals surface area contributed by atoms with E-state index in [4.69, 9.17) is 37.0 Å². The first-order valence-corrected chi connectivity index (χ1v) is 50.4. The molecule has 3 N–H and O–H groups in total. The maximum Gasteiger partial charge on any atom is 0.472 e. The summed E-state index contributed by atoms with van der Waals surface area (Å²) in [5.74, 6) is 0.345. The van der Waals surface area contributed by atoms with Crippen LogP contribution >= 0.6 is 15.6 Å². The van der Waals surface area contributed by atoms with Gasteiger partial charge in [0.15, 0.2) is 12.2 Å². The molecule has 0 spiro atoms. The number of phosphoric ester groups is 2. The van der Waals surface area contributed by atoms with Crippen LogP contribution in [-0.4, -0.2) is 96.7 Å². The van der Waals surface area contributed by atoms with Crippen LogP contribution in [0.5, 0.6) is 0 Å². The number of phosphoric acid groups is 2. The largest absolute Gasteiger partial charge is 0.472 e. The average Bonchev–Trinajstić information content (AvgIpc) is 0.899. The summed E-state index contributed by atoms with van der Waals surface area (Å²) in [6, 6.07) is 0. The fraction of sp³-hybridized carbons (Fsp3) is 0.957. The highest BCUT2D eigenvalue weighted by molar-refractivity contribution is 7.47. The van der Waals surface area contributed by atoms with Gasteiger partial charge in [0.05, 0.1) is 26.4 Å². The molecule has 0 aromatic heterocycles. The minimum absolute atomic E-state index is 0.107. The summed E-state index contributed by atoms with van der Waals surface area (Å²) in [4.78, 5) is 73.4. The second kappa shape index (κ2) is 81.8. The van der Waals surface area contributed by atoms with Crippen molar-refractivity contribution in [3.05, 3.63) is 0 Å². The quantitative estimate of drug-likeness (QED) is 0.0222. The van der Waals surface area contributed by atoms with E-state index >= 15 is 0 Å². The monoisotopic (exact) mass is 1620 g/mol. The van der Waals surface area contributed by atoms with Gasteiger partial charge < -0.3 is 33.8 Å². The van der Waals surface area contributed by atoms with Crippen molar-refractivity contribution in [3.63, 3.8) is 0 Å². The number of esters is 4. The van der Waals surface area contributed by atoms with Gasteiger partial charge in [0.25, 0.3) is 0 Å². The SMILES string of the molecule is CCCCCCCCCCCCCCCCCCCCCCC(=O)OC[C@H](COP(=O)(O)OC[C@@H](O)COP(=O)(O)OC[C@@H](COC(=O)CCCCCCCCCCC(C)C)OC(=O)CCCCCCCCCCCCCCCCC(C)CC)OC(=O)CCCCCCCCCCCCCCCCCCCCC(C)CC. The Morgan fingerprint density at radius 2 is 0.459 bits per heavy atom. The first kappa shape index (κ1) is 109. The molecule has 17 nitrogen and oxygen atoms in total. The molecule has 4 unspecified atom stereocenters. The molecule has 0 saturated carbocycles. The number of aliphatic hydroxyl groups is 1. The van der Waals surface area contributed by atoms with Crippen molar-refractivity contribution in [2.45, 2.75) is 510 Å². The van der Waals surface area contributed by atoms with Crippen molar-refractivity contribution in [3.8, 4) is 0 Å². The molecule has 0 saturated heterocycles. The van der Waals surface area contributed by atoms with E-state index in [1.165, 1.54) is 302 Å². The Morgan fingerprint density at radius 1 is 0.261 bits per heavy atom. The fourth-order valence-electron chi connectivity index (χ4n) is 14.4. The third-order valence-corrected chi connectivity index (χ3v) is 24.3. The normalized spacial score (nSPS) is 14.3. The molecule has 19 heteroatoms. The zero-order chi connectivity index (χ0) is 81.5. The molecule has 0 aromatic carbocycles. The number of hydrogen-bond donors (Lipinski definition) is 3. The van der Waals surface area contributed by atoms with E-state index in [1.807, 2.05) is 0 Å². The van der Waals surface area contributed by atoms with Gasteiger partial charge in [-0.3, -0.25) is 37.3 Å². The number of hydrogen-bond acceptors (Lipinski definition) is 15. The number of carbonyl (C=O) groups is 4. The molecule has 0 radical (unpaired) electrons. The number of aliphatic hydroxyl groups excluding tert-OH is 1. The zero-order valence-corrected chi connectivity index (χ0v) is 75.2. The molecule has 111 heavy (non-hydrogen) atoms. The van der Waals surface area contributed by atoms with Crippen LogP contribution < -0.4 is 0 Å². The number of ether oxygens (including phenoxy) is 4. The van der Waals surface area contributed by atoms with Crippen LogP contribution in [-0.2, 0) is 65.4 Å². The summed E-state index contributed by atoms with van der Waals surface area (Å²) >= 11 is 0. The molecular formula is C92H180O17P2. The average molecular weight is 1620 g/mol. The lowest BCUT2D eigenvalue weighted by Crippen LogP contribution is -2.30. The Kier molecular flexibility index (Phi) is 80.4. The Hall–Kier alpha value is -1.94. The number of unbranched alkanes of at least 4 members (excludes halogenated alkanes) is 56. The van der Waals surface area contributed by atoms with Gasteiger partial charge in [0, 0.05) is 25.7 Å². The lowest BCUT2D eigenvalue weighted by atomic mass is 9.99. The highest BCUT2D eigenvalue weighted by Crippen LogP contribution is 2.45. The van der Waals surface area contributed by atoms with Crippen LogP contribution in [0.25, 0.3) is 0 Å². The van der Waals surface area contributed by atoms with Crippen LogP contribution in [0.15, 0.2) is 0 Å². The standard InChI is InChI=1S/C92H180O17P2/c1-8-11-12-13-14-15-16-17-18-19-20-21-25-28-34-39-44-52-59-66-73-89(94)102-79-87(108-91(96)75-68-61-54-45-40-35-29-26-23-22-24-27-32-37-42-50-57-64-71-84(6)9-2)81-106-110(98,99)104-77-86(93)78-105-111(100,101)107-82-88(80-103-90(95)74-67-60-53-48-47-49-56-63-70-83(4)5)109-92(97)76-69-62-55-46-41-36-31-30-33-38-43-51-58-65-72-85(7)10-3/h83-88,93H,8-82H2,1-7H3,(H,98,99)(H,100,101)/t84?,85?,86-,87-,88-/m1/s1. The minimum Gasteiger partial charge on any atom is -0.462 e. The van der Waals surface area contributed by atoms with Gasteiger partial charge in [-0.2, -0.15) is 0 Å². The summed E-state index contributed by atoms with van der Waals surface area (Å²) in [7, 11) is -9.94. The molecule has 0 bridgehead atoms. The zero-order valence-electron chi connectivity index (χ0n) is 73.4. The van der Waals surface area contributed by atoms with Crippen molar-refractivity contribution < 1.29 is 80.2 Å². The maximum absolute atomic E-state index is 13.2. The summed E-state index contributed by atoms with van der Waals surface area (Å²) in [6.07, 6.45) is 75.0. The molecule has 0 heterocycles. The van der Waals surface area contributed by atoms with E-state index in [0.717, 1.165) is 108 Å². The van der Waals surface area contributed by atoms with Crippen molar-refractivity contribution in [1.82, 2.24) is 0 Å². The summed E-state index contributed by atoms with van der Waals surface area (Å²) < 4.78 is 69.1. The van der Waals surface area contributed by atoms with Gasteiger partial charge in [0.1, 0.15) is 19.3 Å². The third-order valence-electron chi connectivity index (χ3n) is 22.4. The van der Waals surface area contributed by atoms with E-state index in [0.29, 0.717) is 25.7 Å². The van der Waals surface area contributed by atoms with Gasteiger partial charge in [0.2, 0.25) is 0 Å². The van der Waals surface area contributed by atoms with E-state index in [-0.39, 0.29) is 25.7 Å². The summed E-state index contributed by atoms with van der Waals surface area (Å²) in [5.41, 5.74) is 0. The van der Waals surface area contributed by atoms with Crippen LogP contribution in [0.4, 0.5) is 0 Å². The van der Waals surface area contributed by atoms with Crippen molar-refractivity contribution >= 4 is 39.5 Å². The Morgan fingerprint density at radius 3 is 0.685 bits per heavy atom. The first-order valence-electron chi connectivity index (χ1n) is 47.4. The van der Waals surface area contributed by atoms with Gasteiger partial charge in [-0.05, 0) is 43.4 Å². The summed E-state index contributed by atoms with van der Waals surface area (Å²) in [6.45, 7) is 12.1. The number of carbonyl (C=O) groups excluding carboxylic acids is 4. The molecule has 660 valence electrons. The minimum atomic E-state index is -4.97. The van der Waals surface area contributed by atoms with Gasteiger partial charge in [-0.15, -0.1) is 0 Å². The smallest absolute Gasteiger partial charge is 0.462 e. The van der Waals surface area contributed by atoms with Crippen LogP contribution in [0.1, 0.15) is 492 Å². The topological polar surface area (TPSA) is 237 Å². The van der Waals surface area contributed by atoms with Crippen LogP contribution in [0, 0.1) is 17.8 Å². The molecule has 0 aliphatic heterocycles. The summed E-state index contributed by atoms with van der Waals surface area (Å²) in [5, 5.41) is 10.7. The van der Waals surface area contributed by atoms with E-state index in [9.17, 15) is 43.2 Å². The highest BCUT2D eigenvalue weighted by atomic mass is 31.2. The second-order valence-electron chi connectivity index (χ2n) is 34.0. The van der Waals surface area contributed by atoms with Crippen LogP contribution in [0.2, 0.25) is 0 Å². The Bertz CT molecular complexity index is 2130. The lowest BCUT2D eigenvalue weighted by molar-refractivity contribution is -0.161. The Labute approximate surface area is 683 Å². The molecule has 0 aliphatic rings. The molecule has 0 amide bonds. The van der Waals surface area contributed by atoms with Crippen LogP contribution in [0.3, 0.4) is 0 Å². The molecule has 0 aliphatic carbocycles. The maximum atomic E-state index is 13.2. The molecule has 0 aromatic rings. The third kappa shape index (κ3) is 82.9. The van der Waals surface area contributed by atoms with Gasteiger partial charge in [-0.1, -0.05) is 440 Å². The van der Waals surface area contributed by atoms with Crippen molar-refractivity contribution in [2.75, 3.05) is 39.6 Å². The van der Waals surface area contributed by atoms with Gasteiger partial charge in [-0.25, -0.2) is 9.13 Å². The van der Waals surface area contributed by atoms with Gasteiger partial charge >= 0.3 is 39.5 Å². The predicted octanol–water partition coefficient (Wildman–Crippen LogP) is 28.4. The second-order valence-corrected chi connectivity index (χ2v) is 36.9. The molecule has 7 atom stereocenters. The van der Waals surface area contributed by atoms with E-state index in [1.54, 1.807) is 0 Å². The molecular weight excluding hydrogens is 1440 g/mol. The van der Waals surface area contributed by atoms with E-state index < -0.39 is 97.5 Å². The number of rotatable bonds is 90. The Balaban J connectivity index is 5.24. The highest BCUT2D eigenvalue weighted by Gasteiger charge is 2.31. The molecule has 0 fully saturated rings. The van der Waals surface area contributed by atoms with Crippen molar-refractivity contribution in [1.29, 1.82) is 0 Å². The molecule has 0 rings (SSSR count). The first-order chi connectivity index (χ1) is 53.8.